The maximum absolute atomic E-state index is 5.73. The second-order valence-electron chi connectivity index (χ2n) is 14.3. The Morgan fingerprint density at radius 3 is 1.79 bits per heavy atom. The summed E-state index contributed by atoms with van der Waals surface area (Å²) in [6.07, 6.45) is 0. The minimum Gasteiger partial charge on any atom is -0.308 e. The quantitative estimate of drug-likeness (QED) is 0.187. The van der Waals surface area contributed by atoms with Crippen molar-refractivity contribution >= 4 is 115 Å². The Morgan fingerprint density at radius 1 is 0.377 bits per heavy atom. The van der Waals surface area contributed by atoms with Crippen LogP contribution in [0.4, 0.5) is 17.1 Å². The highest BCUT2D eigenvalue weighted by Gasteiger charge is 2.27. The van der Waals surface area contributed by atoms with E-state index in [2.05, 4.69) is 184 Å². The Morgan fingerprint density at radius 2 is 1.00 bits per heavy atom. The summed E-state index contributed by atoms with van der Waals surface area (Å²) in [6, 6.07) is 61.9. The van der Waals surface area contributed by atoms with Gasteiger partial charge in [0, 0.05) is 54.5 Å². The van der Waals surface area contributed by atoms with E-state index in [4.69, 9.17) is 4.98 Å². The molecule has 0 fully saturated rings. The second kappa shape index (κ2) is 9.78. The summed E-state index contributed by atoms with van der Waals surface area (Å²) in [5.74, 6) is 0. The lowest BCUT2D eigenvalue weighted by Crippen LogP contribution is -2.10. The van der Waals surface area contributed by atoms with Crippen LogP contribution in [-0.4, -0.2) is 13.8 Å². The molecule has 53 heavy (non-hydrogen) atoms. The first-order valence-electron chi connectivity index (χ1n) is 18.2. The van der Waals surface area contributed by atoms with Crippen LogP contribution >= 0.6 is 0 Å². The molecule has 0 saturated carbocycles. The number of nitrogens with zero attached hydrogens (tertiary/aromatic N) is 4. The summed E-state index contributed by atoms with van der Waals surface area (Å²) in [7, 11) is 0. The average molecular weight is 673 g/mol. The van der Waals surface area contributed by atoms with Crippen molar-refractivity contribution in [3.05, 3.63) is 170 Å². The van der Waals surface area contributed by atoms with Gasteiger partial charge in [0.2, 0.25) is 0 Å². The molecule has 0 aliphatic rings. The largest absolute Gasteiger partial charge is 0.308 e. The van der Waals surface area contributed by atoms with Gasteiger partial charge in [-0.15, -0.1) is 0 Å². The number of para-hydroxylation sites is 4. The average Bonchev–Trinajstić information content (AvgIpc) is 3.94. The van der Waals surface area contributed by atoms with E-state index in [-0.39, 0.29) is 0 Å². The molecule has 0 atom stereocenters. The van der Waals surface area contributed by atoms with Crippen molar-refractivity contribution in [1.29, 1.82) is 0 Å². The van der Waals surface area contributed by atoms with Crippen LogP contribution in [0.5, 0.6) is 0 Å². The van der Waals surface area contributed by atoms with Crippen LogP contribution in [0.1, 0.15) is 0 Å². The first kappa shape index (κ1) is 27.5. The van der Waals surface area contributed by atoms with Gasteiger partial charge >= 0.3 is 0 Å². The highest BCUT2D eigenvalue weighted by molar-refractivity contribution is 6.34. The number of anilines is 3. The van der Waals surface area contributed by atoms with Crippen molar-refractivity contribution in [3.63, 3.8) is 0 Å². The molecule has 0 radical (unpaired) electrons. The fourth-order valence-electron chi connectivity index (χ4n) is 9.59. The maximum atomic E-state index is 5.73. The van der Waals surface area contributed by atoms with Gasteiger partial charge in [0.1, 0.15) is 5.65 Å². The number of fused-ring (bicyclic) bond motifs is 16. The van der Waals surface area contributed by atoms with Crippen molar-refractivity contribution in [3.8, 4) is 0 Å². The Hall–Kier alpha value is -7.17. The smallest absolute Gasteiger partial charge is 0.146 e. The lowest BCUT2D eigenvalue weighted by Gasteiger charge is -2.26. The summed E-state index contributed by atoms with van der Waals surface area (Å²) in [5.41, 5.74) is 11.4. The van der Waals surface area contributed by atoms with Crippen molar-refractivity contribution in [2.75, 3.05) is 4.90 Å². The highest BCUT2D eigenvalue weighted by atomic mass is 15.2. The topological polar surface area (TPSA) is 25.0 Å². The number of benzene rings is 8. The van der Waals surface area contributed by atoms with Crippen LogP contribution in [0.15, 0.2) is 170 Å². The van der Waals surface area contributed by atoms with E-state index in [1.165, 1.54) is 81.3 Å². The van der Waals surface area contributed by atoms with Gasteiger partial charge in [-0.2, -0.15) is 0 Å². The van der Waals surface area contributed by atoms with Crippen LogP contribution in [-0.2, 0) is 0 Å². The molecule has 0 spiro atoms. The molecule has 0 saturated heterocycles. The predicted molar refractivity (Wildman–Crippen MR) is 223 cm³/mol. The Labute approximate surface area is 302 Å². The fourth-order valence-corrected chi connectivity index (χ4v) is 9.59. The minimum atomic E-state index is 1.01. The van der Waals surface area contributed by atoms with Crippen LogP contribution in [0, 0.1) is 0 Å². The third-order valence-corrected chi connectivity index (χ3v) is 11.7. The zero-order valence-electron chi connectivity index (χ0n) is 28.5. The van der Waals surface area contributed by atoms with E-state index in [1.807, 2.05) is 0 Å². The predicted octanol–water partition coefficient (Wildman–Crippen LogP) is 13.2. The van der Waals surface area contributed by atoms with Gasteiger partial charge in [0.25, 0.3) is 0 Å². The standard InChI is InChI=1S/C49H28N4/c1-3-15-31(16-4-1)51(32-17-5-2-6-18-32)41-24-12-22-36-35-21-11-23-38-44-42(52(46(35)38)47(36)41)28-40-39-27-30-14-8-9-19-33(30)43-37-26-25-29-13-7-10-20-34(29)45(37)53(48(39)43)49(40)50-44/h1-28H. The molecule has 13 rings (SSSR count). The van der Waals surface area contributed by atoms with Gasteiger partial charge in [0.05, 0.1) is 38.8 Å². The zero-order chi connectivity index (χ0) is 34.4. The van der Waals surface area contributed by atoms with Crippen molar-refractivity contribution < 1.29 is 0 Å². The van der Waals surface area contributed by atoms with Crippen molar-refractivity contribution in [1.82, 2.24) is 13.8 Å². The lowest BCUT2D eigenvalue weighted by molar-refractivity contribution is 1.27. The van der Waals surface area contributed by atoms with Crippen LogP contribution in [0.25, 0.3) is 98.0 Å². The van der Waals surface area contributed by atoms with Crippen molar-refractivity contribution in [2.45, 2.75) is 0 Å². The number of hydrogen-bond acceptors (Lipinski definition) is 2. The summed E-state index contributed by atoms with van der Waals surface area (Å²) < 4.78 is 4.96. The van der Waals surface area contributed by atoms with Gasteiger partial charge in [-0.3, -0.25) is 4.40 Å². The molecular weight excluding hydrogens is 645 g/mol. The molecule has 0 amide bonds. The van der Waals surface area contributed by atoms with E-state index in [0.29, 0.717) is 0 Å². The molecule has 4 heteroatoms. The van der Waals surface area contributed by atoms with Gasteiger partial charge in [-0.25, -0.2) is 4.98 Å². The van der Waals surface area contributed by atoms with E-state index in [9.17, 15) is 0 Å². The molecule has 13 aromatic rings. The van der Waals surface area contributed by atoms with Crippen LogP contribution < -0.4 is 4.90 Å². The molecule has 0 bridgehead atoms. The first-order chi connectivity index (χ1) is 26.3. The van der Waals surface area contributed by atoms with E-state index < -0.39 is 0 Å². The monoisotopic (exact) mass is 672 g/mol. The van der Waals surface area contributed by atoms with Crippen molar-refractivity contribution in [2.24, 2.45) is 0 Å². The molecular formula is C49H28N4. The molecule has 0 unspecified atom stereocenters. The van der Waals surface area contributed by atoms with Gasteiger partial charge < -0.3 is 9.30 Å². The molecule has 8 aromatic carbocycles. The highest BCUT2D eigenvalue weighted by Crippen LogP contribution is 2.48. The molecule has 244 valence electrons. The summed E-state index contributed by atoms with van der Waals surface area (Å²) >= 11 is 0. The molecule has 0 N–H and O–H groups in total. The van der Waals surface area contributed by atoms with Gasteiger partial charge in [-0.05, 0) is 58.6 Å². The fraction of sp³-hybridized carbons (Fsp3) is 0. The number of aromatic nitrogens is 3. The summed E-state index contributed by atoms with van der Waals surface area (Å²) in [4.78, 5) is 8.12. The SMILES string of the molecule is c1ccc(N(c2ccccc2)c2cccc3c4cccc5c6nc7c(cc6n(c23)c45)c2cc3ccccc3c3c4ccc5ccccc5c4n7c23)cc1. The maximum Gasteiger partial charge on any atom is 0.146 e. The zero-order valence-corrected chi connectivity index (χ0v) is 28.5. The Balaban J connectivity index is 1.24. The Kier molecular flexibility index (Phi) is 5.08. The Bertz CT molecular complexity index is 3580. The number of hydrogen-bond donors (Lipinski definition) is 0. The summed E-state index contributed by atoms with van der Waals surface area (Å²) in [5, 5.41) is 13.6. The van der Waals surface area contributed by atoms with E-state index in [1.54, 1.807) is 0 Å². The molecule has 5 aromatic heterocycles. The summed E-state index contributed by atoms with van der Waals surface area (Å²) in [6.45, 7) is 0. The number of pyridine rings is 1. The minimum absolute atomic E-state index is 1.01. The normalized spacial score (nSPS) is 12.5. The number of rotatable bonds is 3. The van der Waals surface area contributed by atoms with E-state index >= 15 is 0 Å². The van der Waals surface area contributed by atoms with Gasteiger partial charge in [0.15, 0.2) is 0 Å². The van der Waals surface area contributed by atoms with Crippen LogP contribution in [0.2, 0.25) is 0 Å². The van der Waals surface area contributed by atoms with Crippen LogP contribution in [0.3, 0.4) is 0 Å². The molecule has 5 heterocycles. The second-order valence-corrected chi connectivity index (χ2v) is 14.3. The van der Waals surface area contributed by atoms with E-state index in [0.717, 1.165) is 33.7 Å². The third kappa shape index (κ3) is 3.39. The van der Waals surface area contributed by atoms with Gasteiger partial charge in [-0.1, -0.05) is 127 Å². The third-order valence-electron chi connectivity index (χ3n) is 11.7. The molecule has 4 nitrogen and oxygen atoms in total. The molecule has 0 aliphatic heterocycles. The first-order valence-corrected chi connectivity index (χ1v) is 18.2. The lowest BCUT2D eigenvalue weighted by atomic mass is 9.99. The molecule has 0 aliphatic carbocycles.